The molecule has 278 valence electrons. The molecule has 0 amide bonds. The minimum atomic E-state index is -0.382. The molecule has 9 heteroatoms. The Morgan fingerprint density at radius 1 is 0.481 bits per heavy atom. The highest BCUT2D eigenvalue weighted by atomic mass is 16.7. The van der Waals surface area contributed by atoms with E-state index in [4.69, 9.17) is 18.6 Å². The van der Waals surface area contributed by atoms with Crippen LogP contribution in [0.4, 0.5) is 0 Å². The van der Waals surface area contributed by atoms with Crippen LogP contribution in [0.1, 0.15) is 122 Å². The van der Waals surface area contributed by atoms with Crippen LogP contribution in [0.25, 0.3) is 22.5 Å². The summed E-state index contributed by atoms with van der Waals surface area (Å²) in [5.41, 5.74) is 7.16. The Hall–Kier alpha value is -3.36. The lowest BCUT2D eigenvalue weighted by Crippen LogP contribution is -2.41. The van der Waals surface area contributed by atoms with Crippen molar-refractivity contribution in [2.45, 2.75) is 144 Å². The van der Waals surface area contributed by atoms with Gasteiger partial charge in [-0.3, -0.25) is 15.0 Å². The first-order valence-electron chi connectivity index (χ1n) is 18.7. The molecule has 0 aliphatic carbocycles. The van der Waals surface area contributed by atoms with Gasteiger partial charge < -0.3 is 18.6 Å². The van der Waals surface area contributed by atoms with Gasteiger partial charge in [-0.1, -0.05) is 85.7 Å². The third-order valence-corrected chi connectivity index (χ3v) is 10.5. The van der Waals surface area contributed by atoms with Gasteiger partial charge in [0.25, 0.3) is 0 Å². The minimum Gasteiger partial charge on any atom is -0.399 e. The van der Waals surface area contributed by atoms with Crippen molar-refractivity contribution in [2.24, 2.45) is 0 Å². The van der Waals surface area contributed by atoms with Gasteiger partial charge in [0.15, 0.2) is 0 Å². The SMILES string of the molecule is CC.CC(C)(C)c1ccc(-c2ccc(B3OC(C)(C)C(C)(C)O3)cn2)cn1.CC(C)(C)c1ccnc(-c2ccc(B3OC(C)(C)C(C)(C)O3)cc2)c1. The maximum absolute atomic E-state index is 6.12. The van der Waals surface area contributed by atoms with Crippen LogP contribution in [0.3, 0.4) is 0 Å². The molecule has 0 spiro atoms. The van der Waals surface area contributed by atoms with E-state index in [0.29, 0.717) is 0 Å². The van der Waals surface area contributed by atoms with Gasteiger partial charge in [-0.15, -0.1) is 0 Å². The summed E-state index contributed by atoms with van der Waals surface area (Å²) in [4.78, 5) is 13.7. The highest BCUT2D eigenvalue weighted by molar-refractivity contribution is 6.62. The Morgan fingerprint density at radius 2 is 0.962 bits per heavy atom. The van der Waals surface area contributed by atoms with Crippen LogP contribution in [0.5, 0.6) is 0 Å². The summed E-state index contributed by atoms with van der Waals surface area (Å²) in [7, 11) is -0.708. The van der Waals surface area contributed by atoms with Gasteiger partial charge in [-0.25, -0.2) is 0 Å². The van der Waals surface area contributed by atoms with E-state index in [1.54, 1.807) is 0 Å². The van der Waals surface area contributed by atoms with Gasteiger partial charge in [-0.05, 0) is 102 Å². The van der Waals surface area contributed by atoms with E-state index in [0.717, 1.165) is 39.1 Å². The molecule has 7 nitrogen and oxygen atoms in total. The smallest absolute Gasteiger partial charge is 0.399 e. The van der Waals surface area contributed by atoms with Gasteiger partial charge in [0.05, 0.1) is 33.8 Å². The summed E-state index contributed by atoms with van der Waals surface area (Å²) in [5, 5.41) is 0. The van der Waals surface area contributed by atoms with Crippen molar-refractivity contribution >= 4 is 25.2 Å². The summed E-state index contributed by atoms with van der Waals surface area (Å²) < 4.78 is 24.4. The molecule has 2 fully saturated rings. The highest BCUT2D eigenvalue weighted by Crippen LogP contribution is 2.38. The normalized spacial score (nSPS) is 18.6. The monoisotopic (exact) mass is 705 g/mol. The molecule has 5 heterocycles. The molecule has 6 rings (SSSR count). The van der Waals surface area contributed by atoms with E-state index >= 15 is 0 Å². The summed E-state index contributed by atoms with van der Waals surface area (Å²) >= 11 is 0. The third-order valence-electron chi connectivity index (χ3n) is 10.5. The zero-order chi connectivity index (χ0) is 38.9. The molecule has 2 aliphatic heterocycles. The van der Waals surface area contributed by atoms with Crippen LogP contribution >= 0.6 is 0 Å². The number of rotatable bonds is 4. The van der Waals surface area contributed by atoms with Crippen molar-refractivity contribution < 1.29 is 18.6 Å². The fraction of sp³-hybridized carbons (Fsp3) is 0.512. The maximum Gasteiger partial charge on any atom is 0.496 e. The first-order valence-corrected chi connectivity index (χ1v) is 18.7. The predicted octanol–water partition coefficient (Wildman–Crippen LogP) is 9.11. The Balaban J connectivity index is 0.000000222. The Labute approximate surface area is 315 Å². The summed E-state index contributed by atoms with van der Waals surface area (Å²) in [5.74, 6) is 0. The fourth-order valence-corrected chi connectivity index (χ4v) is 5.53. The standard InChI is InChI=1S/C21H28BNO2.C20H27BN2O2.C2H6/c1-19(2,3)16-12-13-23-18(14-16)15-8-10-17(11-9-15)22-24-20(4,5)21(6,7)25-22;1-18(2,3)17-11-8-14(12-23-17)16-10-9-15(13-22-16)21-24-19(4,5)20(6,7)25-21;1-2/h8-14H,1-7H3;8-13H,1-7H3;1-2H3. The van der Waals surface area contributed by atoms with Crippen molar-refractivity contribution in [2.75, 3.05) is 0 Å². The van der Waals surface area contributed by atoms with E-state index in [-0.39, 0.29) is 47.5 Å². The van der Waals surface area contributed by atoms with Gasteiger partial charge in [0.2, 0.25) is 0 Å². The quantitative estimate of drug-likeness (QED) is 0.196. The zero-order valence-electron chi connectivity index (χ0n) is 34.6. The molecule has 0 radical (unpaired) electrons. The number of pyridine rings is 3. The Kier molecular flexibility index (Phi) is 12.1. The van der Waals surface area contributed by atoms with Gasteiger partial charge in [0.1, 0.15) is 0 Å². The van der Waals surface area contributed by atoms with E-state index in [2.05, 4.69) is 160 Å². The average Bonchev–Trinajstić information content (AvgIpc) is 3.44. The van der Waals surface area contributed by atoms with Crippen LogP contribution in [-0.2, 0) is 29.4 Å². The number of hydrogen-bond donors (Lipinski definition) is 0. The summed E-state index contributed by atoms with van der Waals surface area (Å²) in [6.45, 7) is 33.6. The molecule has 4 aromatic rings. The van der Waals surface area contributed by atoms with Crippen molar-refractivity contribution in [3.05, 3.63) is 90.5 Å². The molecule has 2 aliphatic rings. The Morgan fingerprint density at radius 3 is 1.38 bits per heavy atom. The van der Waals surface area contributed by atoms with Gasteiger partial charge in [0, 0.05) is 46.3 Å². The topological polar surface area (TPSA) is 75.6 Å². The van der Waals surface area contributed by atoms with Crippen molar-refractivity contribution in [3.63, 3.8) is 0 Å². The summed E-state index contributed by atoms with van der Waals surface area (Å²) in [6.07, 6.45) is 5.60. The predicted molar refractivity (Wildman–Crippen MR) is 217 cm³/mol. The lowest BCUT2D eigenvalue weighted by Gasteiger charge is -2.32. The second-order valence-electron chi connectivity index (χ2n) is 17.6. The lowest BCUT2D eigenvalue weighted by molar-refractivity contribution is 0.00578. The maximum atomic E-state index is 6.12. The number of nitrogens with zero attached hydrogens (tertiary/aromatic N) is 3. The van der Waals surface area contributed by atoms with E-state index < -0.39 is 0 Å². The molecule has 0 N–H and O–H groups in total. The minimum absolute atomic E-state index is 0.0482. The number of benzene rings is 1. The second-order valence-corrected chi connectivity index (χ2v) is 17.6. The van der Waals surface area contributed by atoms with Crippen LogP contribution in [0, 0.1) is 0 Å². The lowest BCUT2D eigenvalue weighted by atomic mass is 9.78. The first-order chi connectivity index (χ1) is 24.0. The van der Waals surface area contributed by atoms with Crippen LogP contribution in [-0.4, -0.2) is 51.6 Å². The molecule has 2 saturated heterocycles. The molecule has 1 aromatic carbocycles. The largest absolute Gasteiger partial charge is 0.496 e. The summed E-state index contributed by atoms with van der Waals surface area (Å²) in [6, 6.07) is 20.7. The Bertz CT molecular complexity index is 1740. The highest BCUT2D eigenvalue weighted by Gasteiger charge is 2.52. The van der Waals surface area contributed by atoms with E-state index in [1.165, 1.54) is 5.56 Å². The van der Waals surface area contributed by atoms with Crippen LogP contribution in [0.2, 0.25) is 0 Å². The zero-order valence-corrected chi connectivity index (χ0v) is 34.6. The van der Waals surface area contributed by atoms with Crippen LogP contribution in [0.15, 0.2) is 79.3 Å². The molecule has 0 atom stereocenters. The number of hydrogen-bond acceptors (Lipinski definition) is 7. The molecular formula is C43H61B2N3O4. The fourth-order valence-electron chi connectivity index (χ4n) is 5.53. The number of aromatic nitrogens is 3. The van der Waals surface area contributed by atoms with E-state index in [1.807, 2.05) is 44.6 Å². The van der Waals surface area contributed by atoms with Gasteiger partial charge in [-0.2, -0.15) is 0 Å². The third kappa shape index (κ3) is 9.22. The molecule has 0 unspecified atom stereocenters. The van der Waals surface area contributed by atoms with Crippen molar-refractivity contribution in [1.82, 2.24) is 15.0 Å². The van der Waals surface area contributed by atoms with E-state index in [9.17, 15) is 0 Å². The first kappa shape index (κ1) is 41.4. The second kappa shape index (κ2) is 15.2. The van der Waals surface area contributed by atoms with Crippen molar-refractivity contribution in [1.29, 1.82) is 0 Å². The molecule has 52 heavy (non-hydrogen) atoms. The molecule has 3 aromatic heterocycles. The van der Waals surface area contributed by atoms with Crippen molar-refractivity contribution in [3.8, 4) is 22.5 Å². The molecule has 0 bridgehead atoms. The molecular weight excluding hydrogens is 644 g/mol. The molecule has 0 saturated carbocycles. The average molecular weight is 706 g/mol. The van der Waals surface area contributed by atoms with Crippen LogP contribution < -0.4 is 10.9 Å². The van der Waals surface area contributed by atoms with Gasteiger partial charge >= 0.3 is 14.2 Å².